The standard InChI is InChI=1S/C9H17N3O/c1-3-12-8(6-7(2)11-12)9(13)4-5-10/h6,9,13H,3-5,10H2,1-2H3. The van der Waals surface area contributed by atoms with Crippen LogP contribution >= 0.6 is 0 Å². The SMILES string of the molecule is CCn1nc(C)cc1C(O)CCN. The van der Waals surface area contributed by atoms with Crippen LogP contribution in [-0.4, -0.2) is 21.4 Å². The number of hydrogen-bond acceptors (Lipinski definition) is 3. The summed E-state index contributed by atoms with van der Waals surface area (Å²) < 4.78 is 1.82. The topological polar surface area (TPSA) is 64.1 Å². The van der Waals surface area contributed by atoms with E-state index in [0.29, 0.717) is 13.0 Å². The fraction of sp³-hybridized carbons (Fsp3) is 0.667. The molecule has 0 spiro atoms. The zero-order valence-corrected chi connectivity index (χ0v) is 8.20. The van der Waals surface area contributed by atoms with Crippen LogP contribution in [0.1, 0.15) is 30.8 Å². The number of nitrogens with two attached hydrogens (primary N) is 1. The molecule has 13 heavy (non-hydrogen) atoms. The van der Waals surface area contributed by atoms with Crippen LogP contribution in [0.25, 0.3) is 0 Å². The predicted octanol–water partition coefficient (Wildman–Crippen LogP) is 0.594. The molecule has 1 aromatic rings. The molecule has 0 aliphatic rings. The number of aliphatic hydroxyl groups excluding tert-OH is 1. The second kappa shape index (κ2) is 4.39. The Morgan fingerprint density at radius 3 is 2.92 bits per heavy atom. The lowest BCUT2D eigenvalue weighted by Gasteiger charge is -2.10. The van der Waals surface area contributed by atoms with E-state index in [0.717, 1.165) is 17.9 Å². The van der Waals surface area contributed by atoms with Crippen LogP contribution in [0.5, 0.6) is 0 Å². The average Bonchev–Trinajstić information content (AvgIpc) is 2.47. The highest BCUT2D eigenvalue weighted by atomic mass is 16.3. The van der Waals surface area contributed by atoms with Gasteiger partial charge in [0.1, 0.15) is 0 Å². The fourth-order valence-electron chi connectivity index (χ4n) is 1.39. The molecule has 0 radical (unpaired) electrons. The molecule has 1 rings (SSSR count). The molecular weight excluding hydrogens is 166 g/mol. The first-order valence-corrected chi connectivity index (χ1v) is 4.61. The molecule has 74 valence electrons. The minimum atomic E-state index is -0.480. The van der Waals surface area contributed by atoms with E-state index in [1.807, 2.05) is 24.6 Å². The van der Waals surface area contributed by atoms with Gasteiger partial charge in [0.25, 0.3) is 0 Å². The Hall–Kier alpha value is -0.870. The van der Waals surface area contributed by atoms with Crippen LogP contribution in [0.2, 0.25) is 0 Å². The Labute approximate surface area is 78.4 Å². The number of nitrogens with zero attached hydrogens (tertiary/aromatic N) is 2. The second-order valence-electron chi connectivity index (χ2n) is 3.12. The lowest BCUT2D eigenvalue weighted by Crippen LogP contribution is -2.11. The van der Waals surface area contributed by atoms with E-state index in [-0.39, 0.29) is 0 Å². The summed E-state index contributed by atoms with van der Waals surface area (Å²) in [5.41, 5.74) is 7.18. The van der Waals surface area contributed by atoms with Crippen LogP contribution in [0.4, 0.5) is 0 Å². The zero-order chi connectivity index (χ0) is 9.84. The minimum Gasteiger partial charge on any atom is -0.387 e. The number of aryl methyl sites for hydroxylation is 2. The third kappa shape index (κ3) is 2.29. The smallest absolute Gasteiger partial charge is 0.0968 e. The highest BCUT2D eigenvalue weighted by Crippen LogP contribution is 2.16. The van der Waals surface area contributed by atoms with Gasteiger partial charge in [-0.2, -0.15) is 5.10 Å². The average molecular weight is 183 g/mol. The molecule has 0 bridgehead atoms. The number of aromatic nitrogens is 2. The van der Waals surface area contributed by atoms with Gasteiger partial charge in [-0.25, -0.2) is 0 Å². The van der Waals surface area contributed by atoms with Crippen molar-refractivity contribution in [1.29, 1.82) is 0 Å². The van der Waals surface area contributed by atoms with Gasteiger partial charge in [-0.1, -0.05) is 0 Å². The Balaban J connectivity index is 2.84. The maximum atomic E-state index is 9.70. The van der Waals surface area contributed by atoms with E-state index in [1.165, 1.54) is 0 Å². The van der Waals surface area contributed by atoms with Gasteiger partial charge in [-0.15, -0.1) is 0 Å². The second-order valence-corrected chi connectivity index (χ2v) is 3.12. The van der Waals surface area contributed by atoms with Crippen molar-refractivity contribution in [2.75, 3.05) is 6.54 Å². The highest BCUT2D eigenvalue weighted by Gasteiger charge is 2.12. The van der Waals surface area contributed by atoms with E-state index in [4.69, 9.17) is 5.73 Å². The predicted molar refractivity (Wildman–Crippen MR) is 51.3 cm³/mol. The minimum absolute atomic E-state index is 0.480. The summed E-state index contributed by atoms with van der Waals surface area (Å²) in [6.07, 6.45) is 0.108. The van der Waals surface area contributed by atoms with Crippen LogP contribution in [0.15, 0.2) is 6.07 Å². The first-order chi connectivity index (χ1) is 6.19. The van der Waals surface area contributed by atoms with Gasteiger partial charge in [0.2, 0.25) is 0 Å². The zero-order valence-electron chi connectivity index (χ0n) is 8.20. The quantitative estimate of drug-likeness (QED) is 0.718. The van der Waals surface area contributed by atoms with Crippen LogP contribution < -0.4 is 5.73 Å². The molecule has 0 fully saturated rings. The molecular formula is C9H17N3O. The summed E-state index contributed by atoms with van der Waals surface area (Å²) >= 11 is 0. The monoisotopic (exact) mass is 183 g/mol. The third-order valence-corrected chi connectivity index (χ3v) is 2.01. The lowest BCUT2D eigenvalue weighted by molar-refractivity contribution is 0.159. The third-order valence-electron chi connectivity index (χ3n) is 2.01. The van der Waals surface area contributed by atoms with Crippen molar-refractivity contribution in [1.82, 2.24) is 9.78 Å². The van der Waals surface area contributed by atoms with E-state index in [9.17, 15) is 5.11 Å². The summed E-state index contributed by atoms with van der Waals surface area (Å²) in [4.78, 5) is 0. The van der Waals surface area contributed by atoms with E-state index in [1.54, 1.807) is 0 Å². The summed E-state index contributed by atoms with van der Waals surface area (Å²) in [6, 6.07) is 1.91. The van der Waals surface area contributed by atoms with Gasteiger partial charge in [0.15, 0.2) is 0 Å². The summed E-state index contributed by atoms with van der Waals surface area (Å²) in [5, 5.41) is 14.0. The van der Waals surface area contributed by atoms with Gasteiger partial charge >= 0.3 is 0 Å². The van der Waals surface area contributed by atoms with Crippen LogP contribution in [-0.2, 0) is 6.54 Å². The molecule has 1 atom stereocenters. The molecule has 4 heteroatoms. The lowest BCUT2D eigenvalue weighted by atomic mass is 10.2. The molecule has 0 aliphatic heterocycles. The molecule has 3 N–H and O–H groups in total. The van der Waals surface area contributed by atoms with Crippen molar-refractivity contribution in [3.05, 3.63) is 17.5 Å². The van der Waals surface area contributed by atoms with Crippen molar-refractivity contribution < 1.29 is 5.11 Å². The van der Waals surface area contributed by atoms with Crippen molar-refractivity contribution in [3.8, 4) is 0 Å². The van der Waals surface area contributed by atoms with E-state index in [2.05, 4.69) is 5.10 Å². The molecule has 1 heterocycles. The fourth-order valence-corrected chi connectivity index (χ4v) is 1.39. The number of rotatable bonds is 4. The van der Waals surface area contributed by atoms with Gasteiger partial charge in [-0.3, -0.25) is 4.68 Å². The molecule has 0 amide bonds. The van der Waals surface area contributed by atoms with Crippen molar-refractivity contribution >= 4 is 0 Å². The normalized spacial score (nSPS) is 13.2. The summed E-state index contributed by atoms with van der Waals surface area (Å²) in [7, 11) is 0. The first kappa shape index (κ1) is 10.2. The Bertz CT molecular complexity index is 270. The molecule has 0 aromatic carbocycles. The molecule has 4 nitrogen and oxygen atoms in total. The Kier molecular flexibility index (Phi) is 3.45. The Morgan fingerprint density at radius 2 is 2.38 bits per heavy atom. The molecule has 1 aromatic heterocycles. The summed E-state index contributed by atoms with van der Waals surface area (Å²) in [5.74, 6) is 0. The molecule has 1 unspecified atom stereocenters. The largest absolute Gasteiger partial charge is 0.387 e. The van der Waals surface area contributed by atoms with Crippen LogP contribution in [0, 0.1) is 6.92 Å². The van der Waals surface area contributed by atoms with Gasteiger partial charge in [0.05, 0.1) is 17.5 Å². The maximum Gasteiger partial charge on any atom is 0.0968 e. The molecule has 0 aliphatic carbocycles. The maximum absolute atomic E-state index is 9.70. The van der Waals surface area contributed by atoms with Gasteiger partial charge in [0, 0.05) is 6.54 Å². The van der Waals surface area contributed by atoms with Crippen molar-refractivity contribution in [2.24, 2.45) is 5.73 Å². The van der Waals surface area contributed by atoms with E-state index < -0.39 is 6.10 Å². The van der Waals surface area contributed by atoms with Crippen molar-refractivity contribution in [2.45, 2.75) is 32.9 Å². The number of hydrogen-bond donors (Lipinski definition) is 2. The van der Waals surface area contributed by atoms with E-state index >= 15 is 0 Å². The first-order valence-electron chi connectivity index (χ1n) is 4.61. The Morgan fingerprint density at radius 1 is 1.69 bits per heavy atom. The highest BCUT2D eigenvalue weighted by molar-refractivity contribution is 5.11. The van der Waals surface area contributed by atoms with Gasteiger partial charge in [-0.05, 0) is 32.9 Å². The summed E-state index contributed by atoms with van der Waals surface area (Å²) in [6.45, 7) is 5.20. The molecule has 0 saturated carbocycles. The number of aliphatic hydroxyl groups is 1. The van der Waals surface area contributed by atoms with Crippen LogP contribution in [0.3, 0.4) is 0 Å². The molecule has 0 saturated heterocycles. The van der Waals surface area contributed by atoms with Gasteiger partial charge < -0.3 is 10.8 Å². The van der Waals surface area contributed by atoms with Crippen molar-refractivity contribution in [3.63, 3.8) is 0 Å².